The number of Topliss-reactive ketones (excluding diaryl/α,β-unsaturated/α-hetero) is 1. The number of carbonyl (C=O) groups excluding carboxylic acids is 1. The molecule has 4 aromatic carbocycles. The van der Waals surface area contributed by atoms with Crippen LogP contribution in [-0.4, -0.2) is 17.9 Å². The fourth-order valence-electron chi connectivity index (χ4n) is 5.86. The normalized spacial score (nSPS) is 21.3. The van der Waals surface area contributed by atoms with E-state index in [4.69, 9.17) is 0 Å². The minimum absolute atomic E-state index is 0.184. The van der Waals surface area contributed by atoms with Gasteiger partial charge in [0.15, 0.2) is 11.2 Å². The first-order chi connectivity index (χ1) is 17.6. The van der Waals surface area contributed by atoms with Gasteiger partial charge in [0.1, 0.15) is 11.9 Å². The summed E-state index contributed by atoms with van der Waals surface area (Å²) in [5.41, 5.74) is 1.26. The van der Waals surface area contributed by atoms with Crippen molar-refractivity contribution >= 4 is 28.3 Å². The second-order valence-corrected chi connectivity index (χ2v) is 9.23. The summed E-state index contributed by atoms with van der Waals surface area (Å²) >= 11 is 0. The van der Waals surface area contributed by atoms with Crippen LogP contribution in [-0.2, 0) is 0 Å². The maximum absolute atomic E-state index is 14.2. The first-order valence-electron chi connectivity index (χ1n) is 11.7. The molecule has 0 bridgehead atoms. The van der Waals surface area contributed by atoms with Gasteiger partial charge in [0.05, 0.1) is 18.2 Å². The summed E-state index contributed by atoms with van der Waals surface area (Å²) in [4.78, 5) is 16.1. The molecule has 0 unspecified atom stereocenters. The Morgan fingerprint density at radius 2 is 1.56 bits per heavy atom. The molecule has 6 rings (SSSR count). The molecule has 2 heterocycles. The monoisotopic (exact) mass is 469 g/mol. The Morgan fingerprint density at radius 1 is 0.861 bits per heavy atom. The molecule has 2 aliphatic rings. The molecular formula is C31H20FN3O. The zero-order chi connectivity index (χ0) is 24.9. The fraction of sp³-hybridized carbons (Fsp3) is 0.129. The minimum Gasteiger partial charge on any atom is -0.351 e. The van der Waals surface area contributed by atoms with E-state index in [1.165, 1.54) is 12.1 Å². The van der Waals surface area contributed by atoms with Crippen LogP contribution in [0, 0.1) is 33.9 Å². The Bertz CT molecular complexity index is 1600. The highest BCUT2D eigenvalue weighted by molar-refractivity contribution is 6.06. The molecule has 36 heavy (non-hydrogen) atoms. The largest absolute Gasteiger partial charge is 0.351 e. The molecule has 0 saturated carbocycles. The average molecular weight is 470 g/mol. The number of halogens is 1. The SMILES string of the molecule is N#CC1(C#N)[C@H](c2ccc(F)cc2)[C@@H](C(=O)c2ccccc2)N2c3ccc4ccccc4c3C=C[C@@H]21. The van der Waals surface area contributed by atoms with Crippen LogP contribution in [0.2, 0.25) is 0 Å². The van der Waals surface area contributed by atoms with Crippen molar-refractivity contribution < 1.29 is 9.18 Å². The molecule has 0 aromatic heterocycles. The van der Waals surface area contributed by atoms with Crippen LogP contribution < -0.4 is 4.90 Å². The third-order valence-electron chi connectivity index (χ3n) is 7.47. The van der Waals surface area contributed by atoms with E-state index in [0.29, 0.717) is 11.1 Å². The lowest BCUT2D eigenvalue weighted by Gasteiger charge is -2.36. The van der Waals surface area contributed by atoms with Crippen LogP contribution in [0.3, 0.4) is 0 Å². The number of benzene rings is 4. The molecule has 0 radical (unpaired) electrons. The van der Waals surface area contributed by atoms with E-state index in [2.05, 4.69) is 12.1 Å². The number of hydrogen-bond donors (Lipinski definition) is 0. The third-order valence-corrected chi connectivity index (χ3v) is 7.47. The zero-order valence-electron chi connectivity index (χ0n) is 19.2. The van der Waals surface area contributed by atoms with Crippen molar-refractivity contribution in [1.29, 1.82) is 10.5 Å². The number of anilines is 1. The topological polar surface area (TPSA) is 67.9 Å². The van der Waals surface area contributed by atoms with Gasteiger partial charge >= 0.3 is 0 Å². The van der Waals surface area contributed by atoms with Crippen molar-refractivity contribution in [2.24, 2.45) is 5.41 Å². The first kappa shape index (κ1) is 21.8. The van der Waals surface area contributed by atoms with Gasteiger partial charge in [-0.3, -0.25) is 4.79 Å². The molecule has 0 amide bonds. The van der Waals surface area contributed by atoms with Crippen molar-refractivity contribution in [1.82, 2.24) is 0 Å². The molecule has 0 spiro atoms. The summed E-state index contributed by atoms with van der Waals surface area (Å²) < 4.78 is 13.9. The summed E-state index contributed by atoms with van der Waals surface area (Å²) in [6.07, 6.45) is 3.83. The maximum atomic E-state index is 14.2. The van der Waals surface area contributed by atoms with Crippen LogP contribution in [0.25, 0.3) is 16.8 Å². The number of ketones is 1. The van der Waals surface area contributed by atoms with E-state index in [0.717, 1.165) is 22.0 Å². The zero-order valence-corrected chi connectivity index (χ0v) is 19.2. The highest BCUT2D eigenvalue weighted by Gasteiger charge is 2.63. The summed E-state index contributed by atoms with van der Waals surface area (Å²) in [7, 11) is 0. The van der Waals surface area contributed by atoms with Gasteiger partial charge in [-0.2, -0.15) is 10.5 Å². The van der Waals surface area contributed by atoms with Crippen molar-refractivity contribution in [3.63, 3.8) is 0 Å². The Morgan fingerprint density at radius 3 is 2.28 bits per heavy atom. The average Bonchev–Trinajstić information content (AvgIpc) is 3.24. The van der Waals surface area contributed by atoms with E-state index < -0.39 is 29.2 Å². The van der Waals surface area contributed by atoms with Crippen molar-refractivity contribution in [3.8, 4) is 12.1 Å². The highest BCUT2D eigenvalue weighted by atomic mass is 19.1. The summed E-state index contributed by atoms with van der Waals surface area (Å²) in [5, 5.41) is 23.1. The molecule has 0 N–H and O–H groups in total. The lowest BCUT2D eigenvalue weighted by molar-refractivity contribution is 0.0951. The molecule has 5 heteroatoms. The third kappa shape index (κ3) is 3.00. The predicted octanol–water partition coefficient (Wildman–Crippen LogP) is 6.26. The van der Waals surface area contributed by atoms with Crippen LogP contribution in [0.15, 0.2) is 97.1 Å². The number of nitriles is 2. The molecule has 0 aliphatic carbocycles. The van der Waals surface area contributed by atoms with Crippen LogP contribution >= 0.6 is 0 Å². The number of hydrogen-bond acceptors (Lipinski definition) is 4. The number of nitrogens with zero attached hydrogens (tertiary/aromatic N) is 3. The molecule has 3 atom stereocenters. The Kier molecular flexibility index (Phi) is 4.95. The molecule has 2 aliphatic heterocycles. The van der Waals surface area contributed by atoms with Gasteiger partial charge in [-0.15, -0.1) is 0 Å². The Balaban J connectivity index is 1.64. The Hall–Kier alpha value is -4.74. The highest BCUT2D eigenvalue weighted by Crippen LogP contribution is 2.56. The van der Waals surface area contributed by atoms with Crippen molar-refractivity contribution in [2.75, 3.05) is 4.90 Å². The van der Waals surface area contributed by atoms with E-state index in [1.54, 1.807) is 36.4 Å². The van der Waals surface area contributed by atoms with Gasteiger partial charge in [-0.1, -0.05) is 84.9 Å². The minimum atomic E-state index is -1.56. The molecule has 1 fully saturated rings. The van der Waals surface area contributed by atoms with Crippen LogP contribution in [0.4, 0.5) is 10.1 Å². The van der Waals surface area contributed by atoms with E-state index in [-0.39, 0.29) is 5.78 Å². The number of fused-ring (bicyclic) bond motifs is 5. The second kappa shape index (κ2) is 8.18. The van der Waals surface area contributed by atoms with Crippen molar-refractivity contribution in [3.05, 3.63) is 120 Å². The van der Waals surface area contributed by atoms with Gasteiger partial charge < -0.3 is 4.90 Å². The van der Waals surface area contributed by atoms with E-state index >= 15 is 0 Å². The summed E-state index contributed by atoms with van der Waals surface area (Å²) in [6.45, 7) is 0. The first-order valence-corrected chi connectivity index (χ1v) is 11.7. The smallest absolute Gasteiger partial charge is 0.185 e. The second-order valence-electron chi connectivity index (χ2n) is 9.23. The van der Waals surface area contributed by atoms with Crippen molar-refractivity contribution in [2.45, 2.75) is 18.0 Å². The van der Waals surface area contributed by atoms with Gasteiger partial charge in [-0.05, 0) is 34.5 Å². The van der Waals surface area contributed by atoms with Gasteiger partial charge in [0, 0.05) is 22.7 Å². The quantitative estimate of drug-likeness (QED) is 0.332. The summed E-state index contributed by atoms with van der Waals surface area (Å²) in [5.74, 6) is -1.40. The van der Waals surface area contributed by atoms with E-state index in [9.17, 15) is 19.7 Å². The number of carbonyl (C=O) groups is 1. The molecule has 4 aromatic rings. The molecule has 172 valence electrons. The van der Waals surface area contributed by atoms with E-state index in [1.807, 2.05) is 59.5 Å². The maximum Gasteiger partial charge on any atom is 0.185 e. The van der Waals surface area contributed by atoms with Gasteiger partial charge in [0.25, 0.3) is 0 Å². The summed E-state index contributed by atoms with van der Waals surface area (Å²) in [6, 6.07) is 29.8. The molecule has 4 nitrogen and oxygen atoms in total. The lowest BCUT2D eigenvalue weighted by Crippen LogP contribution is -2.44. The standard InChI is InChI=1S/C31H20FN3O/c32-23-13-10-21(11-14-23)28-29(30(36)22-7-2-1-3-8-22)35-26-16-12-20-6-4-5-9-24(20)25(26)15-17-27(35)31(28,18-33)19-34/h1-17,27-29H/t27-,28-,29+/m1/s1. The predicted molar refractivity (Wildman–Crippen MR) is 137 cm³/mol. The fourth-order valence-corrected chi connectivity index (χ4v) is 5.86. The van der Waals surface area contributed by atoms with Crippen LogP contribution in [0.5, 0.6) is 0 Å². The molecular weight excluding hydrogens is 449 g/mol. The Labute approximate surface area is 208 Å². The number of rotatable bonds is 3. The van der Waals surface area contributed by atoms with Crippen LogP contribution in [0.1, 0.15) is 27.4 Å². The lowest BCUT2D eigenvalue weighted by atomic mass is 9.69. The molecule has 1 saturated heterocycles. The van der Waals surface area contributed by atoms with Gasteiger partial charge in [-0.25, -0.2) is 4.39 Å². The van der Waals surface area contributed by atoms with Gasteiger partial charge in [0.2, 0.25) is 0 Å².